The van der Waals surface area contributed by atoms with E-state index in [4.69, 9.17) is 25.5 Å². The number of aliphatic hydroxyl groups is 1. The SMILES string of the molecule is COc1cc(OC)c(/C(O)=C2/C(=O)C(=O)N(c3ccc(C(C)(C)C)cc3)C2c2ccco2)cc1Cl. The number of methoxy groups -OCH3 is 2. The number of hydrogen-bond donors (Lipinski definition) is 1. The Hall–Kier alpha value is -3.71. The van der Waals surface area contributed by atoms with Gasteiger partial charge < -0.3 is 19.0 Å². The molecule has 1 unspecified atom stereocenters. The molecule has 1 aliphatic heterocycles. The van der Waals surface area contributed by atoms with Crippen LogP contribution in [0.1, 0.15) is 43.7 Å². The van der Waals surface area contributed by atoms with Crippen molar-refractivity contribution < 1.29 is 28.6 Å². The maximum absolute atomic E-state index is 13.3. The van der Waals surface area contributed by atoms with E-state index in [-0.39, 0.29) is 27.3 Å². The fourth-order valence-corrected chi connectivity index (χ4v) is 4.37. The number of amides is 1. The Morgan fingerprint density at radius 3 is 2.23 bits per heavy atom. The summed E-state index contributed by atoms with van der Waals surface area (Å²) in [4.78, 5) is 27.9. The summed E-state index contributed by atoms with van der Waals surface area (Å²) in [6.07, 6.45) is 1.45. The number of hydrogen-bond acceptors (Lipinski definition) is 6. The number of ether oxygens (including phenoxy) is 2. The van der Waals surface area contributed by atoms with Crippen LogP contribution in [0.5, 0.6) is 11.5 Å². The molecule has 182 valence electrons. The van der Waals surface area contributed by atoms with Crippen LogP contribution in [0.25, 0.3) is 5.76 Å². The van der Waals surface area contributed by atoms with Gasteiger partial charge in [0.25, 0.3) is 11.7 Å². The Balaban J connectivity index is 1.91. The van der Waals surface area contributed by atoms with Crippen LogP contribution < -0.4 is 14.4 Å². The number of benzene rings is 2. The van der Waals surface area contributed by atoms with Gasteiger partial charge in [-0.05, 0) is 41.3 Å². The van der Waals surface area contributed by atoms with Gasteiger partial charge in [-0.1, -0.05) is 44.5 Å². The minimum atomic E-state index is -0.990. The molecule has 1 aromatic heterocycles. The summed E-state index contributed by atoms with van der Waals surface area (Å²) < 4.78 is 16.2. The summed E-state index contributed by atoms with van der Waals surface area (Å²) >= 11 is 6.29. The molecular weight excluding hydrogens is 470 g/mol. The molecule has 0 bridgehead atoms. The number of carbonyl (C=O) groups excluding carboxylic acids is 2. The van der Waals surface area contributed by atoms with Gasteiger partial charge in [-0.2, -0.15) is 0 Å². The van der Waals surface area contributed by atoms with E-state index >= 15 is 0 Å². The van der Waals surface area contributed by atoms with Crippen molar-refractivity contribution in [1.29, 1.82) is 0 Å². The van der Waals surface area contributed by atoms with E-state index in [1.165, 1.54) is 37.5 Å². The lowest BCUT2D eigenvalue weighted by molar-refractivity contribution is -0.132. The molecule has 35 heavy (non-hydrogen) atoms. The maximum atomic E-state index is 13.3. The van der Waals surface area contributed by atoms with Crippen molar-refractivity contribution in [2.24, 2.45) is 0 Å². The van der Waals surface area contributed by atoms with Gasteiger partial charge in [0.05, 0.1) is 36.6 Å². The van der Waals surface area contributed by atoms with Crippen LogP contribution >= 0.6 is 11.6 Å². The first-order valence-corrected chi connectivity index (χ1v) is 11.3. The quantitative estimate of drug-likeness (QED) is 0.270. The van der Waals surface area contributed by atoms with E-state index in [0.29, 0.717) is 17.2 Å². The second-order valence-corrected chi connectivity index (χ2v) is 9.58. The molecule has 4 rings (SSSR count). The van der Waals surface area contributed by atoms with Gasteiger partial charge >= 0.3 is 0 Å². The predicted octanol–water partition coefficient (Wildman–Crippen LogP) is 5.87. The number of nitrogens with zero attached hydrogens (tertiary/aromatic N) is 1. The van der Waals surface area contributed by atoms with Gasteiger partial charge in [-0.3, -0.25) is 14.5 Å². The van der Waals surface area contributed by atoms with Crippen LogP contribution in [0.2, 0.25) is 5.02 Å². The lowest BCUT2D eigenvalue weighted by Crippen LogP contribution is -2.29. The zero-order chi connectivity index (χ0) is 25.5. The Morgan fingerprint density at radius 1 is 1.03 bits per heavy atom. The van der Waals surface area contributed by atoms with Crippen LogP contribution in [0.4, 0.5) is 5.69 Å². The summed E-state index contributed by atoms with van der Waals surface area (Å²) in [7, 11) is 2.87. The maximum Gasteiger partial charge on any atom is 0.300 e. The number of halogens is 1. The van der Waals surface area contributed by atoms with Gasteiger partial charge in [-0.15, -0.1) is 0 Å². The van der Waals surface area contributed by atoms with Crippen molar-refractivity contribution in [3.8, 4) is 11.5 Å². The first kappa shape index (κ1) is 24.4. The van der Waals surface area contributed by atoms with Crippen LogP contribution in [-0.2, 0) is 15.0 Å². The number of anilines is 1. The Bertz CT molecular complexity index is 1300. The summed E-state index contributed by atoms with van der Waals surface area (Å²) in [6.45, 7) is 6.26. The highest BCUT2D eigenvalue weighted by Crippen LogP contribution is 2.45. The topological polar surface area (TPSA) is 89.2 Å². The number of aliphatic hydroxyl groups excluding tert-OH is 1. The number of Topliss-reactive ketones (excluding diaryl/α,β-unsaturated/α-hetero) is 1. The van der Waals surface area contributed by atoms with Gasteiger partial charge in [0.15, 0.2) is 0 Å². The molecule has 1 aliphatic rings. The highest BCUT2D eigenvalue weighted by Gasteiger charge is 2.48. The molecule has 8 heteroatoms. The third-order valence-corrected chi connectivity index (χ3v) is 6.29. The van der Waals surface area contributed by atoms with Gasteiger partial charge in [-0.25, -0.2) is 0 Å². The van der Waals surface area contributed by atoms with E-state index in [1.54, 1.807) is 24.3 Å². The molecule has 0 saturated carbocycles. The first-order valence-electron chi connectivity index (χ1n) is 10.9. The monoisotopic (exact) mass is 495 g/mol. The molecule has 1 saturated heterocycles. The standard InChI is InChI=1S/C27H26ClNO6/c1-27(2,3)15-8-10-16(11-9-15)29-23(19-7-6-12-35-19)22(25(31)26(29)32)24(30)17-13-18(28)21(34-5)14-20(17)33-4/h6-14,23,30H,1-5H3/b24-22-. The molecule has 1 fully saturated rings. The van der Waals surface area contributed by atoms with E-state index in [2.05, 4.69) is 20.8 Å². The summed E-state index contributed by atoms with van der Waals surface area (Å²) in [5.41, 5.74) is 1.50. The molecule has 3 aromatic rings. The average molecular weight is 496 g/mol. The third kappa shape index (κ3) is 4.28. The number of furan rings is 1. The molecule has 0 aliphatic carbocycles. The first-order chi connectivity index (χ1) is 16.6. The lowest BCUT2D eigenvalue weighted by atomic mass is 9.87. The van der Waals surface area contributed by atoms with Crippen LogP contribution in [0, 0.1) is 0 Å². The number of rotatable bonds is 5. The smallest absolute Gasteiger partial charge is 0.300 e. The Kier molecular flexibility index (Phi) is 6.38. The summed E-state index contributed by atoms with van der Waals surface area (Å²) in [5, 5.41) is 11.6. The fraction of sp³-hybridized carbons (Fsp3) is 0.259. The van der Waals surface area contributed by atoms with Gasteiger partial charge in [0.1, 0.15) is 29.1 Å². The molecular formula is C27H26ClNO6. The third-order valence-electron chi connectivity index (χ3n) is 6.00. The van der Waals surface area contributed by atoms with E-state index in [1.807, 2.05) is 12.1 Å². The molecule has 0 spiro atoms. The lowest BCUT2D eigenvalue weighted by Gasteiger charge is -2.25. The summed E-state index contributed by atoms with van der Waals surface area (Å²) in [5.74, 6) is -1.18. The molecule has 2 heterocycles. The molecule has 0 radical (unpaired) electrons. The summed E-state index contributed by atoms with van der Waals surface area (Å²) in [6, 6.07) is 12.6. The van der Waals surface area contributed by atoms with Crippen LogP contribution in [0.3, 0.4) is 0 Å². The van der Waals surface area contributed by atoms with E-state index < -0.39 is 23.5 Å². The highest BCUT2D eigenvalue weighted by atomic mass is 35.5. The second-order valence-electron chi connectivity index (χ2n) is 9.17. The molecule has 2 aromatic carbocycles. The van der Waals surface area contributed by atoms with E-state index in [9.17, 15) is 14.7 Å². The van der Waals surface area contributed by atoms with Gasteiger partial charge in [0.2, 0.25) is 0 Å². The number of carbonyl (C=O) groups is 2. The predicted molar refractivity (Wildman–Crippen MR) is 133 cm³/mol. The minimum Gasteiger partial charge on any atom is -0.507 e. The van der Waals surface area contributed by atoms with Crippen LogP contribution in [0.15, 0.2) is 64.8 Å². The van der Waals surface area contributed by atoms with Crippen molar-refractivity contribution in [3.05, 3.63) is 82.3 Å². The largest absolute Gasteiger partial charge is 0.507 e. The normalized spacial score (nSPS) is 17.7. The Morgan fingerprint density at radius 2 is 1.69 bits per heavy atom. The molecule has 7 nitrogen and oxygen atoms in total. The van der Waals surface area contributed by atoms with E-state index in [0.717, 1.165) is 5.56 Å². The van der Waals surface area contributed by atoms with Gasteiger partial charge in [0, 0.05) is 11.8 Å². The molecule has 1 atom stereocenters. The zero-order valence-electron chi connectivity index (χ0n) is 20.1. The van der Waals surface area contributed by atoms with Crippen molar-refractivity contribution in [2.45, 2.75) is 32.2 Å². The highest BCUT2D eigenvalue weighted by molar-refractivity contribution is 6.51. The molecule has 1 amide bonds. The van der Waals surface area contributed by atoms with Crippen molar-refractivity contribution in [3.63, 3.8) is 0 Å². The zero-order valence-corrected chi connectivity index (χ0v) is 20.8. The molecule has 1 N–H and O–H groups in total. The van der Waals surface area contributed by atoms with Crippen molar-refractivity contribution in [2.75, 3.05) is 19.1 Å². The number of ketones is 1. The average Bonchev–Trinajstić information content (AvgIpc) is 3.45. The van der Waals surface area contributed by atoms with Crippen molar-refractivity contribution >= 4 is 34.7 Å². The minimum absolute atomic E-state index is 0.0860. The second kappa shape index (κ2) is 9.15. The van der Waals surface area contributed by atoms with Crippen molar-refractivity contribution in [1.82, 2.24) is 0 Å². The fourth-order valence-electron chi connectivity index (χ4n) is 4.13. The Labute approximate surface area is 208 Å². The van der Waals surface area contributed by atoms with Crippen LogP contribution in [-0.4, -0.2) is 31.0 Å².